The first-order chi connectivity index (χ1) is 8.73. The minimum Gasteiger partial charge on any atom is -0.495 e. The van der Waals surface area contributed by atoms with Crippen LogP contribution in [0.25, 0.3) is 0 Å². The Labute approximate surface area is 113 Å². The van der Waals surface area contributed by atoms with Crippen molar-refractivity contribution in [3.8, 4) is 5.75 Å². The predicted octanol–water partition coefficient (Wildman–Crippen LogP) is 3.10. The summed E-state index contributed by atoms with van der Waals surface area (Å²) in [4.78, 5) is 11.7. The number of methoxy groups -OCH3 is 1. The molecule has 1 atom stereocenters. The summed E-state index contributed by atoms with van der Waals surface area (Å²) in [5.41, 5.74) is 0.584. The van der Waals surface area contributed by atoms with Crippen molar-refractivity contribution in [1.29, 1.82) is 0 Å². The summed E-state index contributed by atoms with van der Waals surface area (Å²) >= 11 is 0. The lowest BCUT2D eigenvalue weighted by Gasteiger charge is -2.20. The summed E-state index contributed by atoms with van der Waals surface area (Å²) in [7, 11) is 1.51. The Balaban J connectivity index is 2.92. The van der Waals surface area contributed by atoms with E-state index in [2.05, 4.69) is 5.32 Å². The average molecular weight is 267 g/mol. The third-order valence-corrected chi connectivity index (χ3v) is 2.34. The van der Waals surface area contributed by atoms with Crippen LogP contribution in [-0.4, -0.2) is 23.9 Å². The number of amides is 1. The molecule has 1 amide bonds. The molecule has 0 heterocycles. The maximum Gasteiger partial charge on any atom is 0.412 e. The fourth-order valence-corrected chi connectivity index (χ4v) is 1.50. The van der Waals surface area contributed by atoms with Crippen LogP contribution >= 0.6 is 0 Å². The fraction of sp³-hybridized carbons (Fsp3) is 0.500. The van der Waals surface area contributed by atoms with E-state index in [9.17, 15) is 9.90 Å². The van der Waals surface area contributed by atoms with E-state index < -0.39 is 17.8 Å². The van der Waals surface area contributed by atoms with Crippen LogP contribution in [0.3, 0.4) is 0 Å². The van der Waals surface area contributed by atoms with Crippen LogP contribution in [0.1, 0.15) is 39.4 Å². The van der Waals surface area contributed by atoms with E-state index in [0.717, 1.165) is 0 Å². The highest BCUT2D eigenvalue weighted by Crippen LogP contribution is 2.28. The number of aliphatic hydroxyl groups is 1. The van der Waals surface area contributed by atoms with Gasteiger partial charge in [-0.1, -0.05) is 6.07 Å². The van der Waals surface area contributed by atoms with E-state index in [1.807, 2.05) is 0 Å². The Morgan fingerprint density at radius 3 is 2.47 bits per heavy atom. The number of hydrogen-bond acceptors (Lipinski definition) is 4. The van der Waals surface area contributed by atoms with Crippen molar-refractivity contribution >= 4 is 11.8 Å². The molecule has 0 saturated carbocycles. The first-order valence-electron chi connectivity index (χ1n) is 6.09. The van der Waals surface area contributed by atoms with Crippen LogP contribution in [0.4, 0.5) is 10.5 Å². The molecule has 0 bridgehead atoms. The van der Waals surface area contributed by atoms with Crippen LogP contribution in [0.15, 0.2) is 18.2 Å². The molecule has 0 radical (unpaired) electrons. The van der Waals surface area contributed by atoms with Gasteiger partial charge in [-0.15, -0.1) is 0 Å². The Morgan fingerprint density at radius 1 is 1.37 bits per heavy atom. The SMILES string of the molecule is COc1ccc(C(C)O)cc1NC(=O)OC(C)(C)C. The van der Waals surface area contributed by atoms with E-state index in [-0.39, 0.29) is 0 Å². The Kier molecular flexibility index (Phi) is 4.78. The quantitative estimate of drug-likeness (QED) is 0.883. The minimum absolute atomic E-state index is 0.468. The van der Waals surface area contributed by atoms with Crippen molar-refractivity contribution < 1.29 is 19.4 Å². The Morgan fingerprint density at radius 2 is 2.00 bits per heavy atom. The van der Waals surface area contributed by atoms with Gasteiger partial charge in [0.15, 0.2) is 0 Å². The fourth-order valence-electron chi connectivity index (χ4n) is 1.50. The first-order valence-corrected chi connectivity index (χ1v) is 6.09. The highest BCUT2D eigenvalue weighted by molar-refractivity contribution is 5.87. The molecule has 0 aromatic heterocycles. The molecule has 5 nitrogen and oxygen atoms in total. The number of ether oxygens (including phenoxy) is 2. The summed E-state index contributed by atoms with van der Waals surface area (Å²) in [5.74, 6) is 0.509. The Bertz CT molecular complexity index is 449. The molecule has 0 saturated heterocycles. The van der Waals surface area contributed by atoms with Crippen LogP contribution in [0.2, 0.25) is 0 Å². The minimum atomic E-state index is -0.620. The average Bonchev–Trinajstić information content (AvgIpc) is 2.26. The van der Waals surface area contributed by atoms with Crippen molar-refractivity contribution in [3.63, 3.8) is 0 Å². The molecule has 0 spiro atoms. The molecule has 0 aliphatic heterocycles. The van der Waals surface area contributed by atoms with Gasteiger partial charge in [0, 0.05) is 0 Å². The molecule has 19 heavy (non-hydrogen) atoms. The lowest BCUT2D eigenvalue weighted by atomic mass is 10.1. The van der Waals surface area contributed by atoms with Crippen molar-refractivity contribution in [1.82, 2.24) is 0 Å². The zero-order valence-corrected chi connectivity index (χ0v) is 12.0. The van der Waals surface area contributed by atoms with E-state index in [1.54, 1.807) is 45.9 Å². The number of rotatable bonds is 3. The molecule has 0 fully saturated rings. The lowest BCUT2D eigenvalue weighted by molar-refractivity contribution is 0.0635. The maximum atomic E-state index is 11.7. The van der Waals surface area contributed by atoms with Crippen molar-refractivity contribution in [2.75, 3.05) is 12.4 Å². The molecule has 1 aromatic rings. The molecule has 0 aliphatic carbocycles. The van der Waals surface area contributed by atoms with Crippen LogP contribution in [0, 0.1) is 0 Å². The van der Waals surface area contributed by atoms with E-state index in [0.29, 0.717) is 17.0 Å². The van der Waals surface area contributed by atoms with Crippen molar-refractivity contribution in [2.24, 2.45) is 0 Å². The second kappa shape index (κ2) is 5.93. The highest BCUT2D eigenvalue weighted by atomic mass is 16.6. The number of carbonyl (C=O) groups excluding carboxylic acids is 1. The standard InChI is InChI=1S/C14H21NO4/c1-9(16)10-6-7-12(18-5)11(8-10)15-13(17)19-14(2,3)4/h6-9,16H,1-5H3,(H,15,17). The molecular weight excluding hydrogens is 246 g/mol. The van der Waals surface area contributed by atoms with Gasteiger partial charge < -0.3 is 14.6 Å². The number of nitrogens with one attached hydrogen (secondary N) is 1. The van der Waals surface area contributed by atoms with Crippen molar-refractivity contribution in [3.05, 3.63) is 23.8 Å². The molecular formula is C14H21NO4. The molecule has 1 aromatic carbocycles. The summed E-state index contributed by atoms with van der Waals surface area (Å²) in [5, 5.41) is 12.2. The Hall–Kier alpha value is -1.75. The monoisotopic (exact) mass is 267 g/mol. The van der Waals surface area contributed by atoms with Crippen molar-refractivity contribution in [2.45, 2.75) is 39.4 Å². The summed E-state index contributed by atoms with van der Waals surface area (Å²) in [6.07, 6.45) is -1.18. The smallest absolute Gasteiger partial charge is 0.412 e. The normalized spacial score (nSPS) is 12.7. The second-order valence-electron chi connectivity index (χ2n) is 5.26. The van der Waals surface area contributed by atoms with Gasteiger partial charge in [-0.2, -0.15) is 0 Å². The highest BCUT2D eigenvalue weighted by Gasteiger charge is 2.18. The zero-order chi connectivity index (χ0) is 14.6. The summed E-state index contributed by atoms with van der Waals surface area (Å²) in [6.45, 7) is 7.02. The molecule has 5 heteroatoms. The second-order valence-corrected chi connectivity index (χ2v) is 5.26. The van der Waals surface area contributed by atoms with Gasteiger partial charge in [-0.05, 0) is 45.4 Å². The number of aliphatic hydroxyl groups excluding tert-OH is 1. The molecule has 0 aliphatic rings. The summed E-state index contributed by atoms with van der Waals surface area (Å²) in [6, 6.07) is 5.09. The number of carbonyl (C=O) groups is 1. The third-order valence-electron chi connectivity index (χ3n) is 2.34. The first kappa shape index (κ1) is 15.3. The summed E-state index contributed by atoms with van der Waals surface area (Å²) < 4.78 is 10.3. The van der Waals surface area contributed by atoms with Crippen LogP contribution < -0.4 is 10.1 Å². The topological polar surface area (TPSA) is 67.8 Å². The number of anilines is 1. The van der Waals surface area contributed by atoms with Gasteiger partial charge in [0.2, 0.25) is 0 Å². The van der Waals surface area contributed by atoms with Crippen LogP contribution in [-0.2, 0) is 4.74 Å². The van der Waals surface area contributed by atoms with E-state index in [4.69, 9.17) is 9.47 Å². The van der Waals surface area contributed by atoms with Crippen LogP contribution in [0.5, 0.6) is 5.75 Å². The third kappa shape index (κ3) is 4.79. The van der Waals surface area contributed by atoms with Gasteiger partial charge in [0.25, 0.3) is 0 Å². The lowest BCUT2D eigenvalue weighted by Crippen LogP contribution is -2.27. The molecule has 106 valence electrons. The van der Waals surface area contributed by atoms with Gasteiger partial charge in [0.05, 0.1) is 18.9 Å². The van der Waals surface area contributed by atoms with E-state index in [1.165, 1.54) is 7.11 Å². The number of benzene rings is 1. The number of hydrogen-bond donors (Lipinski definition) is 2. The van der Waals surface area contributed by atoms with E-state index >= 15 is 0 Å². The molecule has 1 unspecified atom stereocenters. The van der Waals surface area contributed by atoms with Gasteiger partial charge in [0.1, 0.15) is 11.4 Å². The van der Waals surface area contributed by atoms with Gasteiger partial charge >= 0.3 is 6.09 Å². The maximum absolute atomic E-state index is 11.7. The van der Waals surface area contributed by atoms with Gasteiger partial charge in [-0.25, -0.2) is 4.79 Å². The largest absolute Gasteiger partial charge is 0.495 e. The zero-order valence-electron chi connectivity index (χ0n) is 12.0. The molecule has 2 N–H and O–H groups in total. The predicted molar refractivity (Wildman–Crippen MR) is 73.5 cm³/mol. The van der Waals surface area contributed by atoms with Gasteiger partial charge in [-0.3, -0.25) is 5.32 Å². The molecule has 1 rings (SSSR count).